The Kier molecular flexibility index (Phi) is 3.46. The molecule has 0 aliphatic carbocycles. The van der Waals surface area contributed by atoms with Gasteiger partial charge in [0.05, 0.1) is 19.3 Å². The summed E-state index contributed by atoms with van der Waals surface area (Å²) >= 11 is 0. The molecule has 0 saturated carbocycles. The van der Waals surface area contributed by atoms with E-state index in [0.717, 1.165) is 29.9 Å². The van der Waals surface area contributed by atoms with E-state index in [-0.39, 0.29) is 6.10 Å². The van der Waals surface area contributed by atoms with Crippen LogP contribution in [0.1, 0.15) is 30.6 Å². The highest BCUT2D eigenvalue weighted by Gasteiger charge is 2.18. The van der Waals surface area contributed by atoms with Crippen molar-refractivity contribution in [2.75, 3.05) is 13.2 Å². The lowest BCUT2D eigenvalue weighted by atomic mass is 10.1. The molecule has 1 unspecified atom stereocenters. The number of benzene rings is 1. The highest BCUT2D eigenvalue weighted by atomic mass is 16.5. The number of hydrogen-bond donors (Lipinski definition) is 1. The van der Waals surface area contributed by atoms with Crippen LogP contribution >= 0.6 is 0 Å². The fourth-order valence-corrected chi connectivity index (χ4v) is 1.85. The Morgan fingerprint density at radius 2 is 2.31 bits per heavy atom. The van der Waals surface area contributed by atoms with Crippen LogP contribution in [0.3, 0.4) is 0 Å². The maximum absolute atomic E-state index is 9.46. The Morgan fingerprint density at radius 3 is 2.88 bits per heavy atom. The second-order valence-electron chi connectivity index (χ2n) is 4.30. The zero-order chi connectivity index (χ0) is 11.5. The van der Waals surface area contributed by atoms with Crippen molar-refractivity contribution in [2.24, 2.45) is 0 Å². The van der Waals surface area contributed by atoms with Gasteiger partial charge in [-0.2, -0.15) is 0 Å². The van der Waals surface area contributed by atoms with Crippen LogP contribution in [0.15, 0.2) is 18.2 Å². The second kappa shape index (κ2) is 4.85. The van der Waals surface area contributed by atoms with E-state index in [1.165, 1.54) is 0 Å². The monoisotopic (exact) mass is 222 g/mol. The van der Waals surface area contributed by atoms with Crippen molar-refractivity contribution >= 4 is 0 Å². The number of rotatable bonds is 3. The molecule has 16 heavy (non-hydrogen) atoms. The lowest BCUT2D eigenvalue weighted by Crippen LogP contribution is -2.16. The molecule has 2 atom stereocenters. The molecular weight excluding hydrogens is 204 g/mol. The summed E-state index contributed by atoms with van der Waals surface area (Å²) in [4.78, 5) is 0. The fourth-order valence-electron chi connectivity index (χ4n) is 1.85. The first-order valence-electron chi connectivity index (χ1n) is 5.70. The molecule has 1 aromatic carbocycles. The summed E-state index contributed by atoms with van der Waals surface area (Å²) in [5, 5.41) is 9.46. The minimum atomic E-state index is -0.428. The molecule has 1 heterocycles. The average Bonchev–Trinajstić information content (AvgIpc) is 2.73. The van der Waals surface area contributed by atoms with Gasteiger partial charge in [0.15, 0.2) is 0 Å². The van der Waals surface area contributed by atoms with Gasteiger partial charge in [-0.3, -0.25) is 0 Å². The van der Waals surface area contributed by atoms with E-state index in [1.54, 1.807) is 6.92 Å². The van der Waals surface area contributed by atoms with Crippen molar-refractivity contribution < 1.29 is 14.6 Å². The Hall–Kier alpha value is -1.06. The van der Waals surface area contributed by atoms with Crippen LogP contribution in [0, 0.1) is 6.92 Å². The molecule has 1 fully saturated rings. The SMILES string of the molecule is Cc1cc([C@H](C)O)ccc1OC1CCOC1. The fraction of sp³-hybridized carbons (Fsp3) is 0.538. The van der Waals surface area contributed by atoms with Gasteiger partial charge in [-0.25, -0.2) is 0 Å². The molecule has 0 spiro atoms. The molecule has 0 aromatic heterocycles. The molecule has 1 saturated heterocycles. The summed E-state index contributed by atoms with van der Waals surface area (Å²) in [6.45, 7) is 5.23. The quantitative estimate of drug-likeness (QED) is 0.852. The van der Waals surface area contributed by atoms with Crippen LogP contribution < -0.4 is 4.74 Å². The van der Waals surface area contributed by atoms with Crippen LogP contribution in [0.2, 0.25) is 0 Å². The molecule has 1 aliphatic rings. The number of aliphatic hydroxyl groups is 1. The first-order valence-corrected chi connectivity index (χ1v) is 5.70. The first kappa shape index (κ1) is 11.4. The lowest BCUT2D eigenvalue weighted by Gasteiger charge is -2.15. The van der Waals surface area contributed by atoms with Crippen molar-refractivity contribution in [2.45, 2.75) is 32.5 Å². The smallest absolute Gasteiger partial charge is 0.124 e. The second-order valence-corrected chi connectivity index (χ2v) is 4.30. The number of aryl methyl sites for hydroxylation is 1. The largest absolute Gasteiger partial charge is 0.488 e. The molecule has 0 amide bonds. The van der Waals surface area contributed by atoms with Crippen LogP contribution in [0.5, 0.6) is 5.75 Å². The summed E-state index contributed by atoms with van der Waals surface area (Å²) in [6, 6.07) is 5.80. The van der Waals surface area contributed by atoms with E-state index in [2.05, 4.69) is 0 Å². The Labute approximate surface area is 96.0 Å². The molecule has 0 radical (unpaired) electrons. The third kappa shape index (κ3) is 2.54. The van der Waals surface area contributed by atoms with E-state index in [0.29, 0.717) is 6.61 Å². The maximum atomic E-state index is 9.46. The van der Waals surface area contributed by atoms with E-state index < -0.39 is 6.10 Å². The van der Waals surface area contributed by atoms with Gasteiger partial charge in [0.1, 0.15) is 11.9 Å². The van der Waals surface area contributed by atoms with Crippen LogP contribution in [-0.4, -0.2) is 24.4 Å². The summed E-state index contributed by atoms with van der Waals surface area (Å²) in [6.07, 6.45) is 0.705. The molecule has 2 rings (SSSR count). The van der Waals surface area contributed by atoms with Crippen molar-refractivity contribution in [1.82, 2.24) is 0 Å². The Balaban J connectivity index is 2.09. The molecule has 1 N–H and O–H groups in total. The minimum Gasteiger partial charge on any atom is -0.488 e. The lowest BCUT2D eigenvalue weighted by molar-refractivity contribution is 0.140. The van der Waals surface area contributed by atoms with Gasteiger partial charge in [-0.15, -0.1) is 0 Å². The van der Waals surface area contributed by atoms with E-state index in [4.69, 9.17) is 9.47 Å². The van der Waals surface area contributed by atoms with Crippen LogP contribution in [-0.2, 0) is 4.74 Å². The predicted molar refractivity (Wildman–Crippen MR) is 61.7 cm³/mol. The van der Waals surface area contributed by atoms with Gasteiger partial charge in [0.25, 0.3) is 0 Å². The van der Waals surface area contributed by atoms with E-state index in [9.17, 15) is 5.11 Å². The van der Waals surface area contributed by atoms with Crippen molar-refractivity contribution in [3.8, 4) is 5.75 Å². The molecule has 1 aromatic rings. The zero-order valence-electron chi connectivity index (χ0n) is 9.77. The average molecular weight is 222 g/mol. The van der Waals surface area contributed by atoms with Gasteiger partial charge in [-0.05, 0) is 37.1 Å². The number of hydrogen-bond acceptors (Lipinski definition) is 3. The van der Waals surface area contributed by atoms with Gasteiger partial charge < -0.3 is 14.6 Å². The molecule has 0 bridgehead atoms. The van der Waals surface area contributed by atoms with Crippen molar-refractivity contribution in [1.29, 1.82) is 0 Å². The van der Waals surface area contributed by atoms with Crippen molar-refractivity contribution in [3.63, 3.8) is 0 Å². The van der Waals surface area contributed by atoms with E-state index in [1.807, 2.05) is 25.1 Å². The highest BCUT2D eigenvalue weighted by Crippen LogP contribution is 2.24. The number of ether oxygens (including phenoxy) is 2. The van der Waals surface area contributed by atoms with Gasteiger partial charge in [0, 0.05) is 6.42 Å². The third-order valence-electron chi connectivity index (χ3n) is 2.86. The molecule has 88 valence electrons. The van der Waals surface area contributed by atoms with Gasteiger partial charge in [0.2, 0.25) is 0 Å². The highest BCUT2D eigenvalue weighted by molar-refractivity contribution is 5.37. The summed E-state index contributed by atoms with van der Waals surface area (Å²) < 4.78 is 11.1. The molecule has 1 aliphatic heterocycles. The number of aliphatic hydroxyl groups excluding tert-OH is 1. The standard InChI is InChI=1S/C13H18O3/c1-9-7-11(10(2)14)3-4-13(9)16-12-5-6-15-8-12/h3-4,7,10,12,14H,5-6,8H2,1-2H3/t10-,12?/m0/s1. The topological polar surface area (TPSA) is 38.7 Å². The zero-order valence-corrected chi connectivity index (χ0v) is 9.77. The third-order valence-corrected chi connectivity index (χ3v) is 2.86. The molecule has 3 heteroatoms. The van der Waals surface area contributed by atoms with Crippen LogP contribution in [0.25, 0.3) is 0 Å². The van der Waals surface area contributed by atoms with Gasteiger partial charge >= 0.3 is 0 Å². The summed E-state index contributed by atoms with van der Waals surface area (Å²) in [5.41, 5.74) is 1.98. The van der Waals surface area contributed by atoms with Gasteiger partial charge in [-0.1, -0.05) is 6.07 Å². The normalized spacial score (nSPS) is 22.1. The Morgan fingerprint density at radius 1 is 1.50 bits per heavy atom. The summed E-state index contributed by atoms with van der Waals surface area (Å²) in [7, 11) is 0. The summed E-state index contributed by atoms with van der Waals surface area (Å²) in [5.74, 6) is 0.889. The molecule has 3 nitrogen and oxygen atoms in total. The molecular formula is C13H18O3. The van der Waals surface area contributed by atoms with Crippen molar-refractivity contribution in [3.05, 3.63) is 29.3 Å². The Bertz CT molecular complexity index is 354. The first-order chi connectivity index (χ1) is 7.66. The van der Waals surface area contributed by atoms with E-state index >= 15 is 0 Å². The predicted octanol–water partition coefficient (Wildman–Crippen LogP) is 2.22. The minimum absolute atomic E-state index is 0.177. The van der Waals surface area contributed by atoms with Crippen LogP contribution in [0.4, 0.5) is 0 Å². The maximum Gasteiger partial charge on any atom is 0.124 e.